The maximum atomic E-state index is 12.7. The third-order valence-corrected chi connectivity index (χ3v) is 4.81. The summed E-state index contributed by atoms with van der Waals surface area (Å²) in [5.41, 5.74) is 7.71. The van der Waals surface area contributed by atoms with E-state index in [4.69, 9.17) is 10.5 Å². The average molecular weight is 386 g/mol. The minimum Gasteiger partial charge on any atom is -0.494 e. The molecule has 1 saturated heterocycles. The molecule has 152 valence electrons. The number of nitrogens with zero attached hydrogens (tertiary/aromatic N) is 3. The lowest BCUT2D eigenvalue weighted by molar-refractivity contribution is -0.117. The van der Waals surface area contributed by atoms with Gasteiger partial charge in [0.05, 0.1) is 12.6 Å². The molecule has 1 unspecified atom stereocenters. The zero-order chi connectivity index (χ0) is 20.5. The molecule has 0 saturated carbocycles. The highest BCUT2D eigenvalue weighted by atomic mass is 16.5. The van der Waals surface area contributed by atoms with Crippen LogP contribution in [0.3, 0.4) is 0 Å². The van der Waals surface area contributed by atoms with E-state index in [9.17, 15) is 10.1 Å². The summed E-state index contributed by atoms with van der Waals surface area (Å²) in [7, 11) is 0. The van der Waals surface area contributed by atoms with E-state index in [0.29, 0.717) is 13.2 Å². The fourth-order valence-corrected chi connectivity index (χ4v) is 3.26. The minimum atomic E-state index is -0.372. The first-order valence-electron chi connectivity index (χ1n) is 9.81. The third kappa shape index (κ3) is 5.98. The normalized spacial score (nSPS) is 16.4. The number of hydrogen-bond donors (Lipinski definition) is 2. The van der Waals surface area contributed by atoms with Gasteiger partial charge in [-0.2, -0.15) is 5.26 Å². The first-order valence-corrected chi connectivity index (χ1v) is 9.81. The van der Waals surface area contributed by atoms with Crippen LogP contribution in [0.25, 0.3) is 0 Å². The molecule has 7 nitrogen and oxygen atoms in total. The first kappa shape index (κ1) is 21.7. The van der Waals surface area contributed by atoms with E-state index < -0.39 is 0 Å². The number of piperazine rings is 1. The van der Waals surface area contributed by atoms with Crippen molar-refractivity contribution in [2.45, 2.75) is 26.8 Å². The van der Waals surface area contributed by atoms with Crippen molar-refractivity contribution in [1.82, 2.24) is 15.1 Å². The Hall–Kier alpha value is -2.56. The van der Waals surface area contributed by atoms with E-state index in [2.05, 4.69) is 10.2 Å². The molecule has 0 spiro atoms. The van der Waals surface area contributed by atoms with Crippen LogP contribution in [0.4, 0.5) is 0 Å². The molecule has 0 aliphatic carbocycles. The lowest BCUT2D eigenvalue weighted by Gasteiger charge is -2.33. The van der Waals surface area contributed by atoms with Gasteiger partial charge in [0, 0.05) is 51.0 Å². The predicted octanol–water partition coefficient (Wildman–Crippen LogP) is 1.55. The quantitative estimate of drug-likeness (QED) is 0.521. The monoisotopic (exact) mass is 385 g/mol. The molecule has 1 aliphatic heterocycles. The van der Waals surface area contributed by atoms with Crippen molar-refractivity contribution in [3.05, 3.63) is 41.1 Å². The van der Waals surface area contributed by atoms with Crippen LogP contribution in [0.5, 0.6) is 5.75 Å². The van der Waals surface area contributed by atoms with Gasteiger partial charge in [-0.15, -0.1) is 0 Å². The molecule has 0 radical (unpaired) electrons. The van der Waals surface area contributed by atoms with Crippen LogP contribution in [-0.4, -0.2) is 61.6 Å². The van der Waals surface area contributed by atoms with E-state index in [1.165, 1.54) is 0 Å². The molecule has 1 heterocycles. The topological polar surface area (TPSA) is 94.6 Å². The summed E-state index contributed by atoms with van der Waals surface area (Å²) >= 11 is 0. The van der Waals surface area contributed by atoms with E-state index in [0.717, 1.165) is 49.6 Å². The fourth-order valence-electron chi connectivity index (χ4n) is 3.26. The van der Waals surface area contributed by atoms with Crippen LogP contribution in [0, 0.1) is 18.3 Å². The number of nitrogens with two attached hydrogens (primary N) is 1. The molecule has 2 rings (SSSR count). The van der Waals surface area contributed by atoms with Crippen molar-refractivity contribution in [1.29, 1.82) is 5.26 Å². The molecule has 28 heavy (non-hydrogen) atoms. The highest BCUT2D eigenvalue weighted by Gasteiger charge is 2.20. The van der Waals surface area contributed by atoms with Gasteiger partial charge >= 0.3 is 0 Å². The Labute approximate surface area is 167 Å². The summed E-state index contributed by atoms with van der Waals surface area (Å²) in [5, 5.41) is 12.4. The second-order valence-electron chi connectivity index (χ2n) is 6.99. The smallest absolute Gasteiger partial charge is 0.263 e. The van der Waals surface area contributed by atoms with Gasteiger partial charge < -0.3 is 20.7 Å². The van der Waals surface area contributed by atoms with E-state index in [-0.39, 0.29) is 17.5 Å². The molecule has 1 aromatic rings. The Kier molecular flexibility index (Phi) is 8.30. The predicted molar refractivity (Wildman–Crippen MR) is 110 cm³/mol. The molecule has 1 aliphatic rings. The number of hydrogen-bond acceptors (Lipinski definition) is 6. The van der Waals surface area contributed by atoms with Gasteiger partial charge in [0.1, 0.15) is 17.4 Å². The zero-order valence-electron chi connectivity index (χ0n) is 17.1. The third-order valence-electron chi connectivity index (χ3n) is 4.81. The molecule has 3 N–H and O–H groups in total. The van der Waals surface area contributed by atoms with Crippen LogP contribution >= 0.6 is 0 Å². The van der Waals surface area contributed by atoms with Gasteiger partial charge in [0.25, 0.3) is 5.91 Å². The number of rotatable bonds is 8. The zero-order valence-corrected chi connectivity index (χ0v) is 17.1. The van der Waals surface area contributed by atoms with Crippen molar-refractivity contribution in [2.24, 2.45) is 5.73 Å². The van der Waals surface area contributed by atoms with Gasteiger partial charge in [-0.1, -0.05) is 17.7 Å². The lowest BCUT2D eigenvalue weighted by atomic mass is 10.0. The minimum absolute atomic E-state index is 0.115. The summed E-state index contributed by atoms with van der Waals surface area (Å²) in [6.45, 7) is 11.2. The Balaban J connectivity index is 2.04. The summed E-state index contributed by atoms with van der Waals surface area (Å²) in [4.78, 5) is 17.0. The Morgan fingerprint density at radius 3 is 2.71 bits per heavy atom. The SMILES string of the molecule is CCOc1ccc(C)cc1C(C)NC(=O)/C(C#N)=C\N1CCN(CCN)CC1. The molecule has 7 heteroatoms. The lowest BCUT2D eigenvalue weighted by Crippen LogP contribution is -2.46. The van der Waals surface area contributed by atoms with Crippen molar-refractivity contribution in [3.63, 3.8) is 0 Å². The van der Waals surface area contributed by atoms with Crippen LogP contribution in [0.2, 0.25) is 0 Å². The summed E-state index contributed by atoms with van der Waals surface area (Å²) in [5.74, 6) is 0.378. The Morgan fingerprint density at radius 2 is 2.11 bits per heavy atom. The molecular weight excluding hydrogens is 354 g/mol. The van der Waals surface area contributed by atoms with E-state index in [1.54, 1.807) is 6.20 Å². The number of carbonyl (C=O) groups is 1. The number of aryl methyl sites for hydroxylation is 1. The molecular formula is C21H31N5O2. The molecule has 1 aromatic carbocycles. The number of ether oxygens (including phenoxy) is 1. The first-order chi connectivity index (χ1) is 13.5. The molecule has 1 amide bonds. The standard InChI is InChI=1S/C21H31N5O2/c1-4-28-20-6-5-16(2)13-19(20)17(3)24-21(27)18(14-23)15-26-11-9-25(8-7-22)10-12-26/h5-6,13,15,17H,4,7-12,22H2,1-3H3,(H,24,27)/b18-15-. The molecule has 1 atom stereocenters. The van der Waals surface area contributed by atoms with Crippen molar-refractivity contribution in [2.75, 3.05) is 45.9 Å². The van der Waals surface area contributed by atoms with Crippen molar-refractivity contribution in [3.8, 4) is 11.8 Å². The number of amides is 1. The number of nitrogens with one attached hydrogen (secondary N) is 1. The largest absolute Gasteiger partial charge is 0.494 e. The Bertz CT molecular complexity index is 733. The second kappa shape index (κ2) is 10.7. The highest BCUT2D eigenvalue weighted by Crippen LogP contribution is 2.26. The van der Waals surface area contributed by atoms with Crippen LogP contribution in [0.15, 0.2) is 30.0 Å². The van der Waals surface area contributed by atoms with Gasteiger partial charge in [0.2, 0.25) is 0 Å². The molecule has 0 bridgehead atoms. The maximum absolute atomic E-state index is 12.7. The molecule has 0 aromatic heterocycles. The summed E-state index contributed by atoms with van der Waals surface area (Å²) in [6, 6.07) is 7.66. The highest BCUT2D eigenvalue weighted by molar-refractivity contribution is 5.97. The second-order valence-corrected chi connectivity index (χ2v) is 6.99. The Morgan fingerprint density at radius 1 is 1.39 bits per heavy atom. The van der Waals surface area contributed by atoms with E-state index in [1.807, 2.05) is 49.9 Å². The summed E-state index contributed by atoms with van der Waals surface area (Å²) < 4.78 is 5.68. The van der Waals surface area contributed by atoms with Crippen LogP contribution in [-0.2, 0) is 4.79 Å². The fraction of sp³-hybridized carbons (Fsp3) is 0.524. The number of nitriles is 1. The summed E-state index contributed by atoms with van der Waals surface area (Å²) in [6.07, 6.45) is 1.67. The number of benzene rings is 1. The maximum Gasteiger partial charge on any atom is 0.263 e. The van der Waals surface area contributed by atoms with Crippen molar-refractivity contribution < 1.29 is 9.53 Å². The van der Waals surface area contributed by atoms with Crippen LogP contribution < -0.4 is 15.8 Å². The van der Waals surface area contributed by atoms with Gasteiger partial charge in [-0.3, -0.25) is 9.69 Å². The number of carbonyl (C=O) groups excluding carboxylic acids is 1. The van der Waals surface area contributed by atoms with E-state index >= 15 is 0 Å². The van der Waals surface area contributed by atoms with Crippen LogP contribution in [0.1, 0.15) is 31.0 Å². The average Bonchev–Trinajstić information content (AvgIpc) is 2.69. The molecule has 1 fully saturated rings. The van der Waals surface area contributed by atoms with Gasteiger partial charge in [0.15, 0.2) is 0 Å². The van der Waals surface area contributed by atoms with Gasteiger partial charge in [-0.05, 0) is 26.8 Å². The van der Waals surface area contributed by atoms with Gasteiger partial charge in [-0.25, -0.2) is 0 Å². The van der Waals surface area contributed by atoms with Crippen molar-refractivity contribution >= 4 is 5.91 Å².